The average molecular weight is 342 g/mol. The first-order valence-electron chi connectivity index (χ1n) is 5.85. The van der Waals surface area contributed by atoms with Crippen LogP contribution in [0.4, 0.5) is 0 Å². The van der Waals surface area contributed by atoms with E-state index in [1.807, 2.05) is 13.8 Å². The summed E-state index contributed by atoms with van der Waals surface area (Å²) in [6.07, 6.45) is 0.610. The Hall–Kier alpha value is -0.670. The second-order valence-corrected chi connectivity index (χ2v) is 7.68. The van der Waals surface area contributed by atoms with Gasteiger partial charge in [0.2, 0.25) is 15.9 Å². The molecule has 0 unspecified atom stereocenters. The van der Waals surface area contributed by atoms with Gasteiger partial charge in [0, 0.05) is 4.88 Å². The van der Waals surface area contributed by atoms with Gasteiger partial charge in [0.1, 0.15) is 4.21 Å². The lowest BCUT2D eigenvalue weighted by molar-refractivity contribution is -0.122. The number of rotatable bonds is 6. The van der Waals surface area contributed by atoms with Gasteiger partial charge in [-0.25, -0.2) is 13.6 Å². The number of nitrogens with two attached hydrogens (primary N) is 2. The number of nitrogens with one attached hydrogen (secondary N) is 1. The molecule has 5 N–H and O–H groups in total. The maximum atomic E-state index is 11.7. The summed E-state index contributed by atoms with van der Waals surface area (Å²) >= 11 is 1.04. The van der Waals surface area contributed by atoms with Crippen LogP contribution in [0.2, 0.25) is 0 Å². The van der Waals surface area contributed by atoms with Crippen LogP contribution in [0.1, 0.15) is 25.1 Å². The van der Waals surface area contributed by atoms with Gasteiger partial charge < -0.3 is 11.1 Å². The topological polar surface area (TPSA) is 115 Å². The number of carbonyl (C=O) groups excluding carboxylic acids is 1. The SMILES string of the molecule is CC(C)C[C@H](N)C(=O)NCc1ccc(S(N)(=O)=O)s1.Cl. The molecule has 0 radical (unpaired) electrons. The van der Waals surface area contributed by atoms with Crippen molar-refractivity contribution in [1.29, 1.82) is 0 Å². The molecule has 1 aromatic heterocycles. The van der Waals surface area contributed by atoms with Crippen LogP contribution in [0.25, 0.3) is 0 Å². The van der Waals surface area contributed by atoms with Crippen molar-refractivity contribution in [3.05, 3.63) is 17.0 Å². The molecule has 1 rings (SSSR count). The number of primary sulfonamides is 1. The highest BCUT2D eigenvalue weighted by Gasteiger charge is 2.16. The van der Waals surface area contributed by atoms with Crippen LogP contribution in [0, 0.1) is 5.92 Å². The van der Waals surface area contributed by atoms with Crippen molar-refractivity contribution in [2.24, 2.45) is 16.8 Å². The fourth-order valence-corrected chi connectivity index (χ4v) is 3.24. The summed E-state index contributed by atoms with van der Waals surface area (Å²) in [5, 5.41) is 7.68. The first-order valence-corrected chi connectivity index (χ1v) is 8.21. The van der Waals surface area contributed by atoms with Crippen molar-refractivity contribution in [1.82, 2.24) is 5.32 Å². The van der Waals surface area contributed by atoms with Crippen LogP contribution in [-0.4, -0.2) is 20.4 Å². The second kappa shape index (κ2) is 7.94. The Bertz CT molecular complexity index is 543. The summed E-state index contributed by atoms with van der Waals surface area (Å²) in [5.74, 6) is 0.107. The number of hydrogen-bond donors (Lipinski definition) is 3. The van der Waals surface area contributed by atoms with Crippen LogP contribution in [-0.2, 0) is 21.4 Å². The minimum Gasteiger partial charge on any atom is -0.350 e. The zero-order valence-corrected chi connectivity index (χ0v) is 13.8. The molecule has 0 saturated carbocycles. The minimum atomic E-state index is -3.67. The maximum absolute atomic E-state index is 11.7. The van der Waals surface area contributed by atoms with E-state index in [4.69, 9.17) is 10.9 Å². The number of carbonyl (C=O) groups is 1. The predicted octanol–water partition coefficient (Wildman–Crippen LogP) is 0.807. The van der Waals surface area contributed by atoms with E-state index in [-0.39, 0.29) is 29.1 Å². The lowest BCUT2D eigenvalue weighted by Gasteiger charge is -2.13. The molecule has 0 saturated heterocycles. The van der Waals surface area contributed by atoms with Crippen LogP contribution >= 0.6 is 23.7 Å². The normalized spacial score (nSPS) is 12.8. The Kier molecular flexibility index (Phi) is 7.67. The third kappa shape index (κ3) is 6.19. The van der Waals surface area contributed by atoms with Gasteiger partial charge in [0.25, 0.3) is 0 Å². The Balaban J connectivity index is 0.00000361. The van der Waals surface area contributed by atoms with E-state index in [2.05, 4.69) is 5.32 Å². The molecule has 1 heterocycles. The zero-order chi connectivity index (χ0) is 14.6. The number of thiophene rings is 1. The van der Waals surface area contributed by atoms with Gasteiger partial charge in [-0.1, -0.05) is 13.8 Å². The lowest BCUT2D eigenvalue weighted by atomic mass is 10.0. The van der Waals surface area contributed by atoms with Crippen LogP contribution in [0.5, 0.6) is 0 Å². The maximum Gasteiger partial charge on any atom is 0.247 e. The van der Waals surface area contributed by atoms with Gasteiger partial charge in [-0.3, -0.25) is 4.79 Å². The summed E-state index contributed by atoms with van der Waals surface area (Å²) in [5.41, 5.74) is 5.73. The highest BCUT2D eigenvalue weighted by atomic mass is 35.5. The van der Waals surface area contributed by atoms with Crippen molar-refractivity contribution in [2.45, 2.75) is 37.1 Å². The first kappa shape index (κ1) is 19.3. The molecular weight excluding hydrogens is 322 g/mol. The molecule has 6 nitrogen and oxygen atoms in total. The van der Waals surface area contributed by atoms with Crippen molar-refractivity contribution in [3.63, 3.8) is 0 Å². The molecule has 0 fully saturated rings. The number of sulfonamides is 1. The summed E-state index contributed by atoms with van der Waals surface area (Å²) in [7, 11) is -3.67. The van der Waals surface area contributed by atoms with Gasteiger partial charge in [0.15, 0.2) is 0 Å². The zero-order valence-electron chi connectivity index (χ0n) is 11.3. The third-order valence-corrected chi connectivity index (χ3v) is 4.94. The average Bonchev–Trinajstić information content (AvgIpc) is 2.72. The van der Waals surface area contributed by atoms with Gasteiger partial charge in [-0.15, -0.1) is 23.7 Å². The van der Waals surface area contributed by atoms with E-state index < -0.39 is 16.1 Å². The van der Waals surface area contributed by atoms with Crippen LogP contribution in [0.15, 0.2) is 16.3 Å². The highest BCUT2D eigenvalue weighted by Crippen LogP contribution is 2.19. The first-order chi connectivity index (χ1) is 8.70. The van der Waals surface area contributed by atoms with Crippen LogP contribution in [0.3, 0.4) is 0 Å². The number of halogens is 1. The molecule has 0 bridgehead atoms. The Morgan fingerprint density at radius 2 is 2.00 bits per heavy atom. The van der Waals surface area contributed by atoms with Gasteiger partial charge in [-0.2, -0.15) is 0 Å². The minimum absolute atomic E-state index is 0. The Labute approximate surface area is 129 Å². The van der Waals surface area contributed by atoms with E-state index in [1.165, 1.54) is 6.07 Å². The fraction of sp³-hybridized carbons (Fsp3) is 0.545. The van der Waals surface area contributed by atoms with Crippen molar-refractivity contribution in [2.75, 3.05) is 0 Å². The smallest absolute Gasteiger partial charge is 0.247 e. The van der Waals surface area contributed by atoms with E-state index >= 15 is 0 Å². The van der Waals surface area contributed by atoms with E-state index in [0.29, 0.717) is 17.2 Å². The van der Waals surface area contributed by atoms with Crippen molar-refractivity contribution in [3.8, 4) is 0 Å². The lowest BCUT2D eigenvalue weighted by Crippen LogP contribution is -2.40. The molecular formula is C11H20ClN3O3S2. The predicted molar refractivity (Wildman–Crippen MR) is 82.2 cm³/mol. The van der Waals surface area contributed by atoms with Crippen molar-refractivity contribution < 1.29 is 13.2 Å². The molecule has 1 aromatic rings. The van der Waals surface area contributed by atoms with E-state index in [9.17, 15) is 13.2 Å². The molecule has 0 aliphatic rings. The standard InChI is InChI=1S/C11H19N3O3S2.ClH/c1-7(2)5-9(12)11(15)14-6-8-3-4-10(18-8)19(13,16)17;/h3-4,7,9H,5-6,12H2,1-2H3,(H,14,15)(H2,13,16,17);1H/t9-;/m0./s1. The summed E-state index contributed by atoms with van der Waals surface area (Å²) in [6.45, 7) is 4.24. The summed E-state index contributed by atoms with van der Waals surface area (Å²) in [4.78, 5) is 12.4. The molecule has 116 valence electrons. The van der Waals surface area contributed by atoms with Crippen LogP contribution < -0.4 is 16.2 Å². The van der Waals surface area contributed by atoms with Gasteiger partial charge in [0.05, 0.1) is 12.6 Å². The molecule has 20 heavy (non-hydrogen) atoms. The largest absolute Gasteiger partial charge is 0.350 e. The summed E-state index contributed by atoms with van der Waals surface area (Å²) < 4.78 is 22.3. The highest BCUT2D eigenvalue weighted by molar-refractivity contribution is 7.91. The quantitative estimate of drug-likeness (QED) is 0.709. The fourth-order valence-electron chi connectivity index (χ4n) is 1.53. The Morgan fingerprint density at radius 3 is 2.45 bits per heavy atom. The second-order valence-electron chi connectivity index (χ2n) is 4.72. The van der Waals surface area contributed by atoms with Gasteiger partial charge >= 0.3 is 0 Å². The molecule has 9 heteroatoms. The number of hydrogen-bond acceptors (Lipinski definition) is 5. The molecule has 1 amide bonds. The Morgan fingerprint density at radius 1 is 1.40 bits per heavy atom. The molecule has 0 aliphatic carbocycles. The monoisotopic (exact) mass is 341 g/mol. The number of amides is 1. The van der Waals surface area contributed by atoms with E-state index in [0.717, 1.165) is 11.3 Å². The molecule has 0 aromatic carbocycles. The third-order valence-electron chi connectivity index (χ3n) is 2.42. The van der Waals surface area contributed by atoms with Crippen molar-refractivity contribution >= 4 is 39.7 Å². The molecule has 1 atom stereocenters. The summed E-state index contributed by atoms with van der Waals surface area (Å²) in [6, 6.07) is 2.51. The van der Waals surface area contributed by atoms with E-state index in [1.54, 1.807) is 6.07 Å². The molecule has 0 aliphatic heterocycles. The van der Waals surface area contributed by atoms with Gasteiger partial charge in [-0.05, 0) is 24.5 Å². The molecule has 0 spiro atoms.